The number of methoxy groups -OCH3 is 1. The zero-order valence-electron chi connectivity index (χ0n) is 34.7. The highest BCUT2D eigenvalue weighted by Crippen LogP contribution is 2.69. The number of carbonyl (C=O) groups is 3. The normalized spacial score (nSPS) is 23.6. The molecule has 3 heterocycles. The third-order valence-electron chi connectivity index (χ3n) is 11.3. The first kappa shape index (κ1) is 43.4. The van der Waals surface area contributed by atoms with Crippen molar-refractivity contribution in [3.8, 4) is 22.9 Å². The van der Waals surface area contributed by atoms with Crippen LogP contribution in [0.3, 0.4) is 0 Å². The first-order chi connectivity index (χ1) is 27.5. The molecule has 2 unspecified atom stereocenters. The fourth-order valence-corrected chi connectivity index (χ4v) is 11.4. The maximum absolute atomic E-state index is 14.7. The van der Waals surface area contributed by atoms with Gasteiger partial charge < -0.3 is 40.0 Å². The molecule has 6 atom stereocenters. The van der Waals surface area contributed by atoms with Crippen LogP contribution in [0.25, 0.3) is 22.3 Å². The molecule has 3 amide bonds. The monoisotopic (exact) mass is 838 g/mol. The van der Waals surface area contributed by atoms with Gasteiger partial charge in [0.1, 0.15) is 40.7 Å². The number of carbonyl (C=O) groups excluding carboxylic acids is 3. The molecule has 1 saturated heterocycles. The van der Waals surface area contributed by atoms with E-state index >= 15 is 0 Å². The number of pyridine rings is 1. The van der Waals surface area contributed by atoms with Gasteiger partial charge in [-0.1, -0.05) is 33.8 Å². The number of aromatic nitrogens is 2. The molecule has 6 rings (SSSR count). The predicted molar refractivity (Wildman–Crippen MR) is 227 cm³/mol. The SMILES string of the molecule is C=C[C@@H]1C[C@]1(NC(=O)CC1C[C@@H](Oc2cc(-c3csc(NC(C)C)n3)nc3cc(OC)ccc23)CN1C(=O)[C@@H](NC(=O)OC1CCCC1)C(C)(C)C)P(=O)(O)CCC. The number of alkyl carbamates (subject to hydrolysis) is 1. The number of benzene rings is 1. The van der Waals surface area contributed by atoms with Gasteiger partial charge in [0, 0.05) is 59.9 Å². The zero-order valence-corrected chi connectivity index (χ0v) is 36.4. The molecule has 14 nitrogen and oxygen atoms in total. The second kappa shape index (κ2) is 17.6. The number of anilines is 1. The van der Waals surface area contributed by atoms with Crippen molar-refractivity contribution < 1.29 is 38.1 Å². The topological polar surface area (TPSA) is 181 Å². The molecule has 2 aliphatic carbocycles. The van der Waals surface area contributed by atoms with E-state index in [0.717, 1.165) is 36.2 Å². The van der Waals surface area contributed by atoms with E-state index in [1.807, 2.05) is 71.2 Å². The summed E-state index contributed by atoms with van der Waals surface area (Å²) >= 11 is 1.48. The number of hydrogen-bond donors (Lipinski definition) is 4. The van der Waals surface area contributed by atoms with Crippen LogP contribution in [0, 0.1) is 11.3 Å². The van der Waals surface area contributed by atoms with E-state index in [-0.39, 0.29) is 49.5 Å². The molecule has 2 aromatic heterocycles. The fourth-order valence-electron chi connectivity index (χ4n) is 8.16. The van der Waals surface area contributed by atoms with Crippen molar-refractivity contribution in [2.75, 3.05) is 25.1 Å². The van der Waals surface area contributed by atoms with Crippen LogP contribution >= 0.6 is 18.7 Å². The van der Waals surface area contributed by atoms with E-state index in [1.54, 1.807) is 18.1 Å². The van der Waals surface area contributed by atoms with Crippen molar-refractivity contribution in [2.45, 2.75) is 129 Å². The highest BCUT2D eigenvalue weighted by atomic mass is 32.1. The number of thiazole rings is 1. The molecule has 1 aromatic carbocycles. The maximum atomic E-state index is 14.7. The molecule has 0 bridgehead atoms. The Hall–Kier alpha value is -4.20. The summed E-state index contributed by atoms with van der Waals surface area (Å²) in [6.45, 7) is 15.5. The van der Waals surface area contributed by atoms with Crippen LogP contribution in [0.5, 0.6) is 11.5 Å². The second-order valence-corrected chi connectivity index (χ2v) is 20.8. The molecule has 0 spiro atoms. The van der Waals surface area contributed by atoms with Gasteiger partial charge in [0.05, 0.1) is 24.9 Å². The summed E-state index contributed by atoms with van der Waals surface area (Å²) in [5.74, 6) is -0.00974. The van der Waals surface area contributed by atoms with E-state index in [9.17, 15) is 23.8 Å². The van der Waals surface area contributed by atoms with Gasteiger partial charge in [-0.3, -0.25) is 14.2 Å². The summed E-state index contributed by atoms with van der Waals surface area (Å²) in [5.41, 5.74) is 1.17. The van der Waals surface area contributed by atoms with E-state index in [1.165, 1.54) is 11.3 Å². The highest BCUT2D eigenvalue weighted by molar-refractivity contribution is 7.60. The van der Waals surface area contributed by atoms with Crippen molar-refractivity contribution in [3.05, 3.63) is 42.3 Å². The van der Waals surface area contributed by atoms with Crippen LogP contribution in [0.1, 0.15) is 92.9 Å². The Morgan fingerprint density at radius 1 is 1.14 bits per heavy atom. The number of nitrogens with one attached hydrogen (secondary N) is 3. The molecule has 3 aliphatic rings. The summed E-state index contributed by atoms with van der Waals surface area (Å²) in [6, 6.07) is 5.93. The van der Waals surface area contributed by atoms with Gasteiger partial charge >= 0.3 is 6.09 Å². The smallest absolute Gasteiger partial charge is 0.408 e. The number of rotatable bonds is 16. The predicted octanol–water partition coefficient (Wildman–Crippen LogP) is 7.71. The van der Waals surface area contributed by atoms with E-state index in [0.29, 0.717) is 41.2 Å². The summed E-state index contributed by atoms with van der Waals surface area (Å²) in [7, 11) is -2.18. The van der Waals surface area contributed by atoms with Gasteiger partial charge in [-0.25, -0.2) is 14.8 Å². The standard InChI is InChI=1S/C42H59N6O8PS/c1-9-17-57(52,53)42(22-26(42)10-2)47-36(49)19-27-18-30(23-48(27)38(50)37(41(5,6)7)46-40(51)56-28-13-11-12-14-28)55-35-21-33(34-24-58-39(45-34)43-25(3)4)44-32-20-29(54-8)15-16-31(32)35/h10,15-16,20-21,24-28,30,37H,2,9,11-14,17-19,22-23H2,1,3-8H3,(H,43,45)(H,46,51)(H,47,49)(H,52,53)/t26-,27?,30-,37-,42+/m1/s1. The van der Waals surface area contributed by atoms with Crippen molar-refractivity contribution in [1.29, 1.82) is 0 Å². The molecule has 2 saturated carbocycles. The molecule has 316 valence electrons. The molecule has 1 aliphatic heterocycles. The van der Waals surface area contributed by atoms with E-state index < -0.39 is 48.3 Å². The minimum absolute atomic E-state index is 0.0711. The third kappa shape index (κ3) is 9.63. The van der Waals surface area contributed by atoms with Gasteiger partial charge in [0.15, 0.2) is 5.13 Å². The molecular weight excluding hydrogens is 780 g/mol. The lowest BCUT2D eigenvalue weighted by Gasteiger charge is -2.35. The Bertz CT molecular complexity index is 2050. The summed E-state index contributed by atoms with van der Waals surface area (Å²) < 4.78 is 31.6. The number of fused-ring (bicyclic) bond motifs is 1. The average molecular weight is 839 g/mol. The highest BCUT2D eigenvalue weighted by Gasteiger charge is 2.64. The van der Waals surface area contributed by atoms with Gasteiger partial charge in [-0.15, -0.1) is 17.9 Å². The Labute approximate surface area is 345 Å². The number of amides is 3. The Morgan fingerprint density at radius 2 is 1.88 bits per heavy atom. The molecular formula is C42H59N6O8PS. The molecule has 0 radical (unpaired) electrons. The fraction of sp³-hybridized carbons (Fsp3) is 0.595. The van der Waals surface area contributed by atoms with Crippen LogP contribution in [0.4, 0.5) is 9.93 Å². The van der Waals surface area contributed by atoms with Crippen LogP contribution in [0.15, 0.2) is 42.3 Å². The number of ether oxygens (including phenoxy) is 3. The third-order valence-corrected chi connectivity index (χ3v) is 15.0. The van der Waals surface area contributed by atoms with Crippen molar-refractivity contribution in [3.63, 3.8) is 0 Å². The van der Waals surface area contributed by atoms with Crippen molar-refractivity contribution >= 4 is 52.6 Å². The maximum Gasteiger partial charge on any atom is 0.408 e. The van der Waals surface area contributed by atoms with Crippen LogP contribution in [-0.2, 0) is 18.9 Å². The lowest BCUT2D eigenvalue weighted by Crippen LogP contribution is -2.56. The average Bonchev–Trinajstić information content (AvgIpc) is 3.53. The van der Waals surface area contributed by atoms with Gasteiger partial charge in [-0.05, 0) is 69.9 Å². The van der Waals surface area contributed by atoms with Gasteiger partial charge in [0.2, 0.25) is 19.2 Å². The van der Waals surface area contributed by atoms with Gasteiger partial charge in [-0.2, -0.15) is 0 Å². The minimum Gasteiger partial charge on any atom is -0.497 e. The second-order valence-electron chi connectivity index (χ2n) is 17.2. The van der Waals surface area contributed by atoms with Crippen molar-refractivity contribution in [2.24, 2.45) is 11.3 Å². The van der Waals surface area contributed by atoms with E-state index in [4.69, 9.17) is 24.2 Å². The Balaban J connectivity index is 1.31. The lowest BCUT2D eigenvalue weighted by atomic mass is 9.85. The van der Waals surface area contributed by atoms with Crippen LogP contribution < -0.4 is 25.4 Å². The minimum atomic E-state index is -3.77. The van der Waals surface area contributed by atoms with E-state index in [2.05, 4.69) is 22.5 Å². The Morgan fingerprint density at radius 3 is 2.52 bits per heavy atom. The number of nitrogens with zero attached hydrogens (tertiary/aromatic N) is 3. The number of likely N-dealkylation sites (tertiary alicyclic amines) is 1. The summed E-state index contributed by atoms with van der Waals surface area (Å²) in [5, 5.41) is 11.3. The van der Waals surface area contributed by atoms with Crippen LogP contribution in [-0.4, -0.2) is 93.1 Å². The molecule has 3 aromatic rings. The zero-order chi connectivity index (χ0) is 42.0. The van der Waals surface area contributed by atoms with Gasteiger partial charge in [0.25, 0.3) is 0 Å². The first-order valence-corrected chi connectivity index (χ1v) is 23.1. The molecule has 4 N–H and O–H groups in total. The van der Waals surface area contributed by atoms with Crippen LogP contribution in [0.2, 0.25) is 0 Å². The van der Waals surface area contributed by atoms with Crippen molar-refractivity contribution in [1.82, 2.24) is 25.5 Å². The number of hydrogen-bond acceptors (Lipinski definition) is 11. The largest absolute Gasteiger partial charge is 0.497 e. The lowest BCUT2D eigenvalue weighted by molar-refractivity contribution is -0.138. The molecule has 3 fully saturated rings. The first-order valence-electron chi connectivity index (χ1n) is 20.4. The summed E-state index contributed by atoms with van der Waals surface area (Å²) in [4.78, 5) is 64.3. The molecule has 16 heteroatoms. The Kier molecular flexibility index (Phi) is 13.1. The quantitative estimate of drug-likeness (QED) is 0.0820. The molecule has 58 heavy (non-hydrogen) atoms. The summed E-state index contributed by atoms with van der Waals surface area (Å²) in [6.07, 6.45) is 4.77.